The van der Waals surface area contributed by atoms with Crippen LogP contribution < -0.4 is 0 Å². The molecule has 0 aromatic heterocycles. The van der Waals surface area contributed by atoms with Crippen LogP contribution in [0, 0.1) is 0 Å². The van der Waals surface area contributed by atoms with E-state index < -0.39 is 37.6 Å². The van der Waals surface area contributed by atoms with E-state index in [4.69, 9.17) is 14.8 Å². The average Bonchev–Trinajstić information content (AvgIpc) is 1.98. The van der Waals surface area contributed by atoms with Gasteiger partial charge < -0.3 is 10.2 Å². The smallest absolute Gasteiger partial charge is 0.394 e. The topological polar surface area (TPSA) is 138 Å². The summed E-state index contributed by atoms with van der Waals surface area (Å²) in [5.74, 6) is 0. The van der Waals surface area contributed by atoms with E-state index in [9.17, 15) is 16.8 Å². The van der Waals surface area contributed by atoms with Crippen LogP contribution in [-0.4, -0.2) is 50.9 Å². The van der Waals surface area contributed by atoms with Crippen molar-refractivity contribution in [3.05, 3.63) is 0 Å². The van der Waals surface area contributed by atoms with Crippen LogP contribution in [0.3, 0.4) is 0 Å². The first-order valence-corrected chi connectivity index (χ1v) is 6.23. The summed E-state index contributed by atoms with van der Waals surface area (Å²) in [5, 5.41) is 16.8. The highest BCUT2D eigenvalue weighted by Crippen LogP contribution is 2.02. The summed E-state index contributed by atoms with van der Waals surface area (Å²) >= 11 is 0. The van der Waals surface area contributed by atoms with Crippen molar-refractivity contribution in [3.63, 3.8) is 0 Å². The predicted molar refractivity (Wildman–Crippen MR) is 39.5 cm³/mol. The summed E-state index contributed by atoms with van der Waals surface area (Å²) in [6.45, 7) is -1.74. The largest absolute Gasteiger partial charge is 0.400 e. The van der Waals surface area contributed by atoms with Gasteiger partial charge in [-0.3, -0.25) is 8.74 Å². The van der Waals surface area contributed by atoms with Crippen molar-refractivity contribution in [1.29, 1.82) is 0 Å². The zero-order valence-electron chi connectivity index (χ0n) is 6.19. The van der Waals surface area contributed by atoms with E-state index >= 15 is 0 Å². The van der Waals surface area contributed by atoms with Crippen LogP contribution >= 0.6 is 0 Å². The second-order valence-electron chi connectivity index (χ2n) is 1.96. The summed E-state index contributed by atoms with van der Waals surface area (Å²) in [4.78, 5) is 0. The molecule has 0 aromatic rings. The molecule has 0 spiro atoms. The molecule has 0 saturated heterocycles. The lowest BCUT2D eigenvalue weighted by Crippen LogP contribution is -2.25. The van der Waals surface area contributed by atoms with E-state index in [1.807, 2.05) is 0 Å². The van der Waals surface area contributed by atoms with Gasteiger partial charge in [0, 0.05) is 0 Å². The number of rotatable bonds is 5. The summed E-state index contributed by atoms with van der Waals surface area (Å²) in [5.41, 5.74) is 0. The minimum absolute atomic E-state index is 0.791. The fourth-order valence-corrected chi connectivity index (χ4v) is 1.25. The highest BCUT2D eigenvalue weighted by atomic mass is 33.2. The Morgan fingerprint density at radius 2 is 1.69 bits per heavy atom. The summed E-state index contributed by atoms with van der Waals surface area (Å²) < 4.78 is 52.7. The molecule has 0 aliphatic carbocycles. The minimum Gasteiger partial charge on any atom is -0.394 e. The number of hydrogen-bond donors (Lipinski definition) is 3. The third-order valence-corrected chi connectivity index (χ3v) is 3.65. The van der Waals surface area contributed by atoms with E-state index in [1.165, 1.54) is 0 Å². The average molecular weight is 236 g/mol. The van der Waals surface area contributed by atoms with Crippen LogP contribution in [0.4, 0.5) is 0 Å². The normalized spacial score (nSPS) is 15.6. The molecule has 80 valence electrons. The fraction of sp³-hybridized carbons (Fsp3) is 1.00. The third-order valence-electron chi connectivity index (χ3n) is 0.873. The van der Waals surface area contributed by atoms with E-state index in [0.717, 1.165) is 0 Å². The first-order chi connectivity index (χ1) is 5.70. The summed E-state index contributed by atoms with van der Waals surface area (Å²) in [6, 6.07) is 0. The SMILES string of the molecule is O=S(=O)(O)S(=O)(=O)OCC(O)CO. The quantitative estimate of drug-likeness (QED) is 0.351. The standard InChI is InChI=1S/C3H8O8S2/c4-1-3(5)2-11-13(9,10)12(6,7)8/h3-5H,1-2H2,(H,6,7,8). The van der Waals surface area contributed by atoms with Gasteiger partial charge in [0.15, 0.2) is 0 Å². The third kappa shape index (κ3) is 3.97. The lowest BCUT2D eigenvalue weighted by Gasteiger charge is -2.05. The Morgan fingerprint density at radius 1 is 1.23 bits per heavy atom. The maximum Gasteiger partial charge on any atom is 0.400 e. The molecule has 3 N–H and O–H groups in total. The molecule has 0 bridgehead atoms. The molecule has 8 nitrogen and oxygen atoms in total. The zero-order chi connectivity index (χ0) is 10.7. The number of aliphatic hydroxyl groups excluding tert-OH is 2. The van der Waals surface area contributed by atoms with Gasteiger partial charge in [0.1, 0.15) is 6.10 Å². The summed E-state index contributed by atoms with van der Waals surface area (Å²) in [7, 11) is -10.5. The Balaban J connectivity index is 4.40. The Bertz CT molecular complexity index is 338. The Labute approximate surface area is 74.0 Å². The van der Waals surface area contributed by atoms with Crippen molar-refractivity contribution in [1.82, 2.24) is 0 Å². The van der Waals surface area contributed by atoms with Gasteiger partial charge in [0.2, 0.25) is 0 Å². The van der Waals surface area contributed by atoms with Gasteiger partial charge in [-0.25, -0.2) is 0 Å². The van der Waals surface area contributed by atoms with Crippen molar-refractivity contribution in [2.24, 2.45) is 0 Å². The molecule has 1 unspecified atom stereocenters. The van der Waals surface area contributed by atoms with Crippen LogP contribution in [0.2, 0.25) is 0 Å². The molecule has 0 saturated carbocycles. The first-order valence-electron chi connectivity index (χ1n) is 2.86. The molecular weight excluding hydrogens is 228 g/mol. The van der Waals surface area contributed by atoms with E-state index in [1.54, 1.807) is 0 Å². The van der Waals surface area contributed by atoms with Crippen LogP contribution in [-0.2, 0) is 22.5 Å². The molecule has 0 aromatic carbocycles. The van der Waals surface area contributed by atoms with E-state index in [2.05, 4.69) is 4.18 Å². The van der Waals surface area contributed by atoms with Gasteiger partial charge in [-0.05, 0) is 0 Å². The molecule has 0 aliphatic rings. The second-order valence-corrected chi connectivity index (χ2v) is 6.35. The molecule has 10 heteroatoms. The van der Waals surface area contributed by atoms with Gasteiger partial charge in [0.25, 0.3) is 0 Å². The van der Waals surface area contributed by atoms with E-state index in [0.29, 0.717) is 0 Å². The molecule has 0 amide bonds. The molecule has 0 fully saturated rings. The highest BCUT2D eigenvalue weighted by molar-refractivity contribution is 8.63. The Morgan fingerprint density at radius 3 is 2.00 bits per heavy atom. The fourth-order valence-electron chi connectivity index (χ4n) is 0.275. The predicted octanol–water partition coefficient (Wildman–Crippen LogP) is -2.51. The molecular formula is C3H8O8S2. The highest BCUT2D eigenvalue weighted by Gasteiger charge is 2.29. The van der Waals surface area contributed by atoms with Crippen molar-refractivity contribution in [2.45, 2.75) is 6.10 Å². The van der Waals surface area contributed by atoms with Gasteiger partial charge in [-0.1, -0.05) is 0 Å². The molecule has 0 aliphatic heterocycles. The van der Waals surface area contributed by atoms with Crippen molar-refractivity contribution < 1.29 is 35.8 Å². The van der Waals surface area contributed by atoms with Crippen molar-refractivity contribution >= 4 is 18.3 Å². The zero-order valence-corrected chi connectivity index (χ0v) is 7.82. The Kier molecular flexibility index (Phi) is 4.22. The molecule has 1 atom stereocenters. The molecule has 0 rings (SSSR count). The Hall–Kier alpha value is -0.260. The van der Waals surface area contributed by atoms with Crippen LogP contribution in [0.5, 0.6) is 0 Å². The second kappa shape index (κ2) is 4.30. The summed E-state index contributed by atoms with van der Waals surface area (Å²) in [6.07, 6.45) is -1.53. The van der Waals surface area contributed by atoms with Crippen LogP contribution in [0.15, 0.2) is 0 Å². The molecule has 0 radical (unpaired) electrons. The monoisotopic (exact) mass is 236 g/mol. The van der Waals surface area contributed by atoms with Gasteiger partial charge in [-0.2, -0.15) is 16.8 Å². The van der Waals surface area contributed by atoms with Crippen LogP contribution in [0.1, 0.15) is 0 Å². The number of aliphatic hydroxyl groups is 2. The van der Waals surface area contributed by atoms with Crippen LogP contribution in [0.25, 0.3) is 0 Å². The van der Waals surface area contributed by atoms with Gasteiger partial charge >= 0.3 is 18.3 Å². The lowest BCUT2D eigenvalue weighted by atomic mass is 10.4. The van der Waals surface area contributed by atoms with Crippen molar-refractivity contribution in [3.8, 4) is 0 Å². The number of hydrogen-bond acceptors (Lipinski definition) is 7. The first kappa shape index (κ1) is 12.7. The van der Waals surface area contributed by atoms with Crippen molar-refractivity contribution in [2.75, 3.05) is 13.2 Å². The maximum atomic E-state index is 10.4. The van der Waals surface area contributed by atoms with Gasteiger partial charge in [0.05, 0.1) is 13.2 Å². The molecule has 0 heterocycles. The van der Waals surface area contributed by atoms with E-state index in [-0.39, 0.29) is 0 Å². The minimum atomic E-state index is -5.35. The molecule has 13 heavy (non-hydrogen) atoms. The van der Waals surface area contributed by atoms with Gasteiger partial charge in [-0.15, -0.1) is 0 Å². The maximum absolute atomic E-state index is 10.4. The lowest BCUT2D eigenvalue weighted by molar-refractivity contribution is 0.0566.